The molecule has 0 spiro atoms. The number of aromatic nitrogens is 2. The highest BCUT2D eigenvalue weighted by Gasteiger charge is 2.36. The molecule has 2 N–H and O–H groups in total. The smallest absolute Gasteiger partial charge is 0.338 e. The first kappa shape index (κ1) is 20.3. The summed E-state index contributed by atoms with van der Waals surface area (Å²) in [5.74, 6) is 0.458. The maximum Gasteiger partial charge on any atom is 0.338 e. The van der Waals surface area contributed by atoms with Crippen molar-refractivity contribution in [1.82, 2.24) is 9.55 Å². The molecule has 8 nitrogen and oxygen atoms in total. The number of phenolic OH excluding ortho intramolecular Hbond substituents is 1. The largest absolute Gasteiger partial charge is 0.502 e. The first-order chi connectivity index (χ1) is 15.0. The van der Waals surface area contributed by atoms with Gasteiger partial charge in [-0.05, 0) is 36.8 Å². The minimum atomic E-state index is -0.593. The molecule has 1 aliphatic rings. The highest BCUT2D eigenvalue weighted by molar-refractivity contribution is 5.94. The summed E-state index contributed by atoms with van der Waals surface area (Å²) in [6.07, 6.45) is 1.52. The summed E-state index contributed by atoms with van der Waals surface area (Å²) >= 11 is 0. The van der Waals surface area contributed by atoms with E-state index in [9.17, 15) is 9.90 Å². The molecule has 0 saturated heterocycles. The van der Waals surface area contributed by atoms with Crippen LogP contribution in [0.15, 0.2) is 60.3 Å². The van der Waals surface area contributed by atoms with Crippen molar-refractivity contribution in [2.45, 2.75) is 13.0 Å². The van der Waals surface area contributed by atoms with Gasteiger partial charge in [0.15, 0.2) is 11.5 Å². The highest BCUT2D eigenvalue weighted by atomic mass is 16.5. The second kappa shape index (κ2) is 8.06. The predicted octanol–water partition coefficient (Wildman–Crippen LogP) is 3.78. The fourth-order valence-electron chi connectivity index (χ4n) is 3.83. The Morgan fingerprint density at radius 3 is 2.58 bits per heavy atom. The first-order valence-electron chi connectivity index (χ1n) is 9.67. The number of allylic oxidation sites excluding steroid dienone is 1. The lowest BCUT2D eigenvalue weighted by Crippen LogP contribution is -2.29. The number of imidazole rings is 1. The number of methoxy groups -OCH3 is 2. The average Bonchev–Trinajstić information content (AvgIpc) is 3.14. The Hall–Kier alpha value is -3.94. The molecule has 2 heterocycles. The van der Waals surface area contributed by atoms with Crippen LogP contribution in [0.1, 0.15) is 18.5 Å². The minimum Gasteiger partial charge on any atom is -0.502 e. The maximum atomic E-state index is 13.1. The van der Waals surface area contributed by atoms with Crippen LogP contribution in [-0.4, -0.2) is 41.5 Å². The Balaban J connectivity index is 1.99. The Morgan fingerprint density at radius 1 is 1.26 bits per heavy atom. The quantitative estimate of drug-likeness (QED) is 0.462. The molecule has 0 radical (unpaired) electrons. The lowest BCUT2D eigenvalue weighted by Gasteiger charge is -2.30. The van der Waals surface area contributed by atoms with Gasteiger partial charge in [-0.2, -0.15) is 0 Å². The van der Waals surface area contributed by atoms with Crippen molar-refractivity contribution >= 4 is 23.0 Å². The van der Waals surface area contributed by atoms with Crippen LogP contribution in [0.5, 0.6) is 17.2 Å². The second-order valence-corrected chi connectivity index (χ2v) is 7.02. The van der Waals surface area contributed by atoms with Gasteiger partial charge in [-0.1, -0.05) is 24.8 Å². The van der Waals surface area contributed by atoms with Gasteiger partial charge < -0.3 is 24.6 Å². The van der Waals surface area contributed by atoms with Crippen molar-refractivity contribution in [3.05, 3.63) is 65.9 Å². The number of benzene rings is 2. The summed E-state index contributed by atoms with van der Waals surface area (Å²) in [5, 5.41) is 13.6. The summed E-state index contributed by atoms with van der Waals surface area (Å²) in [6, 6.07) is 10.4. The number of anilines is 1. The van der Waals surface area contributed by atoms with Gasteiger partial charge in [0.25, 0.3) is 0 Å². The number of para-hydroxylation sites is 2. The number of esters is 1. The third-order valence-electron chi connectivity index (χ3n) is 5.20. The molecule has 0 amide bonds. The van der Waals surface area contributed by atoms with E-state index < -0.39 is 12.0 Å². The number of phenols is 1. The number of nitrogens with one attached hydrogen (secondary N) is 1. The van der Waals surface area contributed by atoms with E-state index in [1.807, 2.05) is 28.8 Å². The number of nitrogens with zero attached hydrogens (tertiary/aromatic N) is 2. The molecular formula is C23H23N3O5. The number of fused-ring (bicyclic) bond motifs is 3. The molecular weight excluding hydrogens is 398 g/mol. The van der Waals surface area contributed by atoms with Crippen molar-refractivity contribution in [3.8, 4) is 17.2 Å². The fraction of sp³-hybridized carbons (Fsp3) is 0.217. The molecule has 0 aliphatic carbocycles. The molecule has 2 aromatic carbocycles. The monoisotopic (exact) mass is 421 g/mol. The normalized spacial score (nSPS) is 15.3. The lowest BCUT2D eigenvalue weighted by atomic mass is 9.94. The number of hydrogen-bond donors (Lipinski definition) is 2. The highest BCUT2D eigenvalue weighted by Crippen LogP contribution is 2.45. The van der Waals surface area contributed by atoms with E-state index in [0.717, 1.165) is 11.0 Å². The number of hydrogen-bond acceptors (Lipinski definition) is 7. The van der Waals surface area contributed by atoms with Crippen molar-refractivity contribution in [2.75, 3.05) is 26.1 Å². The summed E-state index contributed by atoms with van der Waals surface area (Å²) in [5.41, 5.74) is 3.31. The lowest BCUT2D eigenvalue weighted by molar-refractivity contribution is -0.138. The van der Waals surface area contributed by atoms with Gasteiger partial charge in [0.2, 0.25) is 11.7 Å². The molecule has 1 aromatic heterocycles. The van der Waals surface area contributed by atoms with Gasteiger partial charge in [-0.3, -0.25) is 4.57 Å². The van der Waals surface area contributed by atoms with Crippen LogP contribution in [0.25, 0.3) is 11.0 Å². The molecule has 160 valence electrons. The van der Waals surface area contributed by atoms with E-state index in [2.05, 4.69) is 16.9 Å². The van der Waals surface area contributed by atoms with E-state index in [1.54, 1.807) is 19.1 Å². The van der Waals surface area contributed by atoms with E-state index in [1.165, 1.54) is 20.3 Å². The summed E-state index contributed by atoms with van der Waals surface area (Å²) < 4.78 is 18.0. The number of carbonyl (C=O) groups is 1. The number of rotatable bonds is 6. The van der Waals surface area contributed by atoms with E-state index in [4.69, 9.17) is 14.2 Å². The Morgan fingerprint density at radius 2 is 1.94 bits per heavy atom. The van der Waals surface area contributed by atoms with E-state index in [0.29, 0.717) is 22.8 Å². The van der Waals surface area contributed by atoms with Crippen molar-refractivity contribution in [1.29, 1.82) is 0 Å². The third-order valence-corrected chi connectivity index (χ3v) is 5.20. The van der Waals surface area contributed by atoms with Crippen LogP contribution in [0.3, 0.4) is 0 Å². The fourth-order valence-corrected chi connectivity index (χ4v) is 3.83. The zero-order valence-corrected chi connectivity index (χ0v) is 17.5. The van der Waals surface area contributed by atoms with Gasteiger partial charge in [-0.15, -0.1) is 0 Å². The average molecular weight is 421 g/mol. The standard InChI is InChI=1S/C23H23N3O5/c1-5-10-31-22(28)19-13(2)24-23-25-15-8-6-7-9-16(15)26(23)20(19)14-11-17(29-3)21(27)18(12-14)30-4/h5-9,11-12,20,27H,1,10H2,2-4H3,(H,24,25)/t20-/m0/s1. The zero-order valence-electron chi connectivity index (χ0n) is 17.5. The van der Waals surface area contributed by atoms with Crippen molar-refractivity contribution in [3.63, 3.8) is 0 Å². The van der Waals surface area contributed by atoms with Crippen LogP contribution >= 0.6 is 0 Å². The number of aromatic hydroxyl groups is 1. The molecule has 0 bridgehead atoms. The second-order valence-electron chi connectivity index (χ2n) is 7.02. The van der Waals surface area contributed by atoms with Crippen LogP contribution in [0, 0.1) is 0 Å². The Bertz CT molecular complexity index is 1190. The minimum absolute atomic E-state index is 0.0854. The summed E-state index contributed by atoms with van der Waals surface area (Å²) in [7, 11) is 2.91. The molecule has 8 heteroatoms. The van der Waals surface area contributed by atoms with Crippen molar-refractivity contribution in [2.24, 2.45) is 0 Å². The Kier molecular flexibility index (Phi) is 5.29. The van der Waals surface area contributed by atoms with Gasteiger partial charge in [0, 0.05) is 5.70 Å². The van der Waals surface area contributed by atoms with Crippen LogP contribution in [0.4, 0.5) is 5.95 Å². The topological polar surface area (TPSA) is 94.8 Å². The SMILES string of the molecule is C=CCOC(=O)C1=C(C)Nc2nc3ccccc3n2[C@H]1c1cc(OC)c(O)c(OC)c1. The molecule has 1 aliphatic heterocycles. The van der Waals surface area contributed by atoms with Crippen LogP contribution in [-0.2, 0) is 9.53 Å². The molecule has 0 unspecified atom stereocenters. The van der Waals surface area contributed by atoms with Crippen LogP contribution < -0.4 is 14.8 Å². The number of carbonyl (C=O) groups excluding carboxylic acids is 1. The maximum absolute atomic E-state index is 13.1. The zero-order chi connectivity index (χ0) is 22.1. The molecule has 4 rings (SSSR count). The third kappa shape index (κ3) is 3.35. The van der Waals surface area contributed by atoms with E-state index in [-0.39, 0.29) is 23.9 Å². The molecule has 31 heavy (non-hydrogen) atoms. The first-order valence-corrected chi connectivity index (χ1v) is 9.67. The van der Waals surface area contributed by atoms with E-state index >= 15 is 0 Å². The van der Waals surface area contributed by atoms with Gasteiger partial charge in [-0.25, -0.2) is 9.78 Å². The molecule has 0 saturated carbocycles. The molecule has 3 aromatic rings. The van der Waals surface area contributed by atoms with Gasteiger partial charge in [0.05, 0.1) is 36.9 Å². The summed E-state index contributed by atoms with van der Waals surface area (Å²) in [6.45, 7) is 5.50. The van der Waals surface area contributed by atoms with Gasteiger partial charge >= 0.3 is 5.97 Å². The molecule has 0 fully saturated rings. The molecule has 1 atom stereocenters. The van der Waals surface area contributed by atoms with Crippen LogP contribution in [0.2, 0.25) is 0 Å². The number of ether oxygens (including phenoxy) is 3. The van der Waals surface area contributed by atoms with Crippen molar-refractivity contribution < 1.29 is 24.1 Å². The predicted molar refractivity (Wildman–Crippen MR) is 117 cm³/mol. The van der Waals surface area contributed by atoms with Gasteiger partial charge in [0.1, 0.15) is 6.61 Å². The summed E-state index contributed by atoms with van der Waals surface area (Å²) in [4.78, 5) is 17.8. The Labute approximate surface area is 179 Å².